The molecule has 0 fully saturated rings. The highest BCUT2D eigenvalue weighted by Crippen LogP contribution is 2.20. The van der Waals surface area contributed by atoms with Crippen LogP contribution in [-0.2, 0) is 13.2 Å². The summed E-state index contributed by atoms with van der Waals surface area (Å²) in [6.45, 7) is 11.0. The quantitative estimate of drug-likeness (QED) is 0.683. The minimum atomic E-state index is -0.276. The highest BCUT2D eigenvalue weighted by molar-refractivity contribution is 7.09. The minimum Gasteiger partial charge on any atom is -0.497 e. The van der Waals surface area contributed by atoms with Crippen LogP contribution in [0, 0.1) is 0 Å². The van der Waals surface area contributed by atoms with Crippen LogP contribution in [0.5, 0.6) is 11.5 Å². The Morgan fingerprint density at radius 3 is 2.46 bits per heavy atom. The maximum absolute atomic E-state index is 12.7. The molecule has 1 heterocycles. The van der Waals surface area contributed by atoms with Gasteiger partial charge in [-0.2, -0.15) is 0 Å². The summed E-state index contributed by atoms with van der Waals surface area (Å²) >= 11 is 1.54. The summed E-state index contributed by atoms with van der Waals surface area (Å²) in [6.07, 6.45) is 0.884. The standard InChI is InChI=1S/C21H31N3O3S/c1-7-15(2)24(20(25)23-21(3,4)5)12-16-14-28-19(22-16)13-27-18-10-8-17(26-6)9-11-18/h8-11,14-15H,7,12-13H2,1-6H3,(H,23,25). The molecule has 1 aromatic carbocycles. The van der Waals surface area contributed by atoms with Crippen molar-refractivity contribution in [1.29, 1.82) is 0 Å². The van der Waals surface area contributed by atoms with E-state index in [1.54, 1.807) is 18.4 Å². The van der Waals surface area contributed by atoms with Gasteiger partial charge in [-0.25, -0.2) is 9.78 Å². The van der Waals surface area contributed by atoms with Gasteiger partial charge in [0, 0.05) is 17.0 Å². The minimum absolute atomic E-state index is 0.0640. The van der Waals surface area contributed by atoms with Crippen LogP contribution < -0.4 is 14.8 Å². The van der Waals surface area contributed by atoms with E-state index < -0.39 is 0 Å². The molecular weight excluding hydrogens is 374 g/mol. The number of carbonyl (C=O) groups is 1. The van der Waals surface area contributed by atoms with Gasteiger partial charge in [0.1, 0.15) is 23.1 Å². The number of nitrogens with one attached hydrogen (secondary N) is 1. The zero-order chi connectivity index (χ0) is 20.7. The number of methoxy groups -OCH3 is 1. The van der Waals surface area contributed by atoms with E-state index in [-0.39, 0.29) is 17.6 Å². The number of amides is 2. The first kappa shape index (κ1) is 22.0. The zero-order valence-corrected chi connectivity index (χ0v) is 18.4. The second kappa shape index (κ2) is 9.78. The molecule has 2 aromatic rings. The molecule has 2 rings (SSSR count). The third-order valence-corrected chi connectivity index (χ3v) is 5.09. The molecule has 6 nitrogen and oxygen atoms in total. The average Bonchev–Trinajstić information content (AvgIpc) is 3.10. The summed E-state index contributed by atoms with van der Waals surface area (Å²) in [5.41, 5.74) is 0.602. The predicted octanol–water partition coefficient (Wildman–Crippen LogP) is 4.84. The molecule has 0 saturated carbocycles. The number of rotatable bonds is 8. The number of benzene rings is 1. The van der Waals surface area contributed by atoms with Gasteiger partial charge in [-0.05, 0) is 58.4 Å². The molecule has 1 atom stereocenters. The maximum atomic E-state index is 12.7. The lowest BCUT2D eigenvalue weighted by Crippen LogP contribution is -2.50. The fourth-order valence-electron chi connectivity index (χ4n) is 2.52. The Labute approximate surface area is 171 Å². The molecule has 1 unspecified atom stereocenters. The summed E-state index contributed by atoms with van der Waals surface area (Å²) in [4.78, 5) is 19.2. The topological polar surface area (TPSA) is 63.7 Å². The van der Waals surface area contributed by atoms with Crippen LogP contribution in [0.2, 0.25) is 0 Å². The fourth-order valence-corrected chi connectivity index (χ4v) is 3.22. The van der Waals surface area contributed by atoms with Crippen LogP contribution in [0.3, 0.4) is 0 Å². The molecule has 7 heteroatoms. The maximum Gasteiger partial charge on any atom is 0.318 e. The first-order valence-electron chi connectivity index (χ1n) is 9.50. The fraction of sp³-hybridized carbons (Fsp3) is 0.524. The van der Waals surface area contributed by atoms with Crippen LogP contribution in [0.4, 0.5) is 4.79 Å². The van der Waals surface area contributed by atoms with Crippen molar-refractivity contribution < 1.29 is 14.3 Å². The second-order valence-electron chi connectivity index (χ2n) is 7.76. The number of aromatic nitrogens is 1. The number of nitrogens with zero attached hydrogens (tertiary/aromatic N) is 2. The van der Waals surface area contributed by atoms with Crippen molar-refractivity contribution in [2.45, 2.75) is 65.8 Å². The zero-order valence-electron chi connectivity index (χ0n) is 17.6. The Hall–Kier alpha value is -2.28. The number of hydrogen-bond donors (Lipinski definition) is 1. The molecule has 0 aliphatic rings. The highest BCUT2D eigenvalue weighted by atomic mass is 32.1. The lowest BCUT2D eigenvalue weighted by Gasteiger charge is -2.32. The summed E-state index contributed by atoms with van der Waals surface area (Å²) < 4.78 is 10.9. The number of thiazole rings is 1. The van der Waals surface area contributed by atoms with E-state index >= 15 is 0 Å². The third-order valence-electron chi connectivity index (χ3n) is 4.22. The van der Waals surface area contributed by atoms with Crippen molar-refractivity contribution in [2.24, 2.45) is 0 Å². The SMILES string of the molecule is CCC(C)N(Cc1csc(COc2ccc(OC)cc2)n1)C(=O)NC(C)(C)C. The third kappa shape index (κ3) is 6.71. The van der Waals surface area contributed by atoms with Crippen LogP contribution in [0.1, 0.15) is 51.7 Å². The van der Waals surface area contributed by atoms with Crippen LogP contribution in [-0.4, -0.2) is 34.6 Å². The largest absolute Gasteiger partial charge is 0.497 e. The van der Waals surface area contributed by atoms with Gasteiger partial charge in [-0.1, -0.05) is 6.92 Å². The monoisotopic (exact) mass is 405 g/mol. The van der Waals surface area contributed by atoms with Gasteiger partial charge in [0.25, 0.3) is 0 Å². The van der Waals surface area contributed by atoms with Crippen LogP contribution in [0.15, 0.2) is 29.6 Å². The molecule has 0 saturated heterocycles. The molecule has 0 spiro atoms. The van der Waals surface area contributed by atoms with Gasteiger partial charge in [0.15, 0.2) is 0 Å². The summed E-state index contributed by atoms with van der Waals surface area (Å²) in [5, 5.41) is 5.92. The molecule has 0 bridgehead atoms. The summed E-state index contributed by atoms with van der Waals surface area (Å²) in [5.74, 6) is 1.56. The molecule has 1 aromatic heterocycles. The molecule has 0 radical (unpaired) electrons. The van der Waals surface area contributed by atoms with E-state index in [0.717, 1.165) is 28.6 Å². The number of hydrogen-bond acceptors (Lipinski definition) is 5. The Kier molecular flexibility index (Phi) is 7.69. The van der Waals surface area contributed by atoms with Gasteiger partial charge in [-0.3, -0.25) is 0 Å². The predicted molar refractivity (Wildman–Crippen MR) is 113 cm³/mol. The van der Waals surface area contributed by atoms with Crippen molar-refractivity contribution >= 4 is 17.4 Å². The molecule has 28 heavy (non-hydrogen) atoms. The Bertz CT molecular complexity index is 753. The lowest BCUT2D eigenvalue weighted by atomic mass is 10.1. The molecule has 0 aliphatic carbocycles. The summed E-state index contributed by atoms with van der Waals surface area (Å²) in [6, 6.07) is 7.53. The van der Waals surface area contributed by atoms with E-state index in [2.05, 4.69) is 24.1 Å². The molecular formula is C21H31N3O3S. The van der Waals surface area contributed by atoms with Crippen molar-refractivity contribution in [2.75, 3.05) is 7.11 Å². The molecule has 2 amide bonds. The Balaban J connectivity index is 1.98. The summed E-state index contributed by atoms with van der Waals surface area (Å²) in [7, 11) is 1.64. The van der Waals surface area contributed by atoms with Gasteiger partial charge in [0.2, 0.25) is 0 Å². The smallest absolute Gasteiger partial charge is 0.318 e. The average molecular weight is 406 g/mol. The van der Waals surface area contributed by atoms with Crippen molar-refractivity contribution in [3.05, 3.63) is 40.3 Å². The van der Waals surface area contributed by atoms with Crippen LogP contribution >= 0.6 is 11.3 Å². The number of urea groups is 1. The Morgan fingerprint density at radius 2 is 1.89 bits per heavy atom. The van der Waals surface area contributed by atoms with E-state index in [1.807, 2.05) is 55.3 Å². The van der Waals surface area contributed by atoms with Gasteiger partial charge >= 0.3 is 6.03 Å². The first-order chi connectivity index (χ1) is 13.2. The molecule has 154 valence electrons. The normalized spacial score (nSPS) is 12.4. The van der Waals surface area contributed by atoms with E-state index in [4.69, 9.17) is 9.47 Å². The van der Waals surface area contributed by atoms with Gasteiger partial charge in [0.05, 0.1) is 19.3 Å². The van der Waals surface area contributed by atoms with Crippen molar-refractivity contribution in [3.8, 4) is 11.5 Å². The van der Waals surface area contributed by atoms with Crippen LogP contribution in [0.25, 0.3) is 0 Å². The van der Waals surface area contributed by atoms with Crippen molar-refractivity contribution in [3.63, 3.8) is 0 Å². The highest BCUT2D eigenvalue weighted by Gasteiger charge is 2.24. The molecule has 0 aliphatic heterocycles. The second-order valence-corrected chi connectivity index (χ2v) is 8.70. The van der Waals surface area contributed by atoms with Gasteiger partial charge in [-0.15, -0.1) is 11.3 Å². The van der Waals surface area contributed by atoms with Gasteiger partial charge < -0.3 is 19.7 Å². The number of ether oxygens (including phenoxy) is 2. The van der Waals surface area contributed by atoms with Crippen molar-refractivity contribution in [1.82, 2.24) is 15.2 Å². The number of carbonyl (C=O) groups excluding carboxylic acids is 1. The molecule has 1 N–H and O–H groups in total. The Morgan fingerprint density at radius 1 is 1.25 bits per heavy atom. The lowest BCUT2D eigenvalue weighted by molar-refractivity contribution is 0.164. The van der Waals surface area contributed by atoms with E-state index in [0.29, 0.717) is 13.2 Å². The van der Waals surface area contributed by atoms with E-state index in [9.17, 15) is 4.79 Å². The van der Waals surface area contributed by atoms with E-state index in [1.165, 1.54) is 0 Å². The first-order valence-corrected chi connectivity index (χ1v) is 10.4.